The molecule has 1 aromatic carbocycles. The minimum Gasteiger partial charge on any atom is -0.363 e. The van der Waals surface area contributed by atoms with Gasteiger partial charge in [-0.15, -0.1) is 0 Å². The van der Waals surface area contributed by atoms with Gasteiger partial charge >= 0.3 is 0 Å². The van der Waals surface area contributed by atoms with Gasteiger partial charge in [0, 0.05) is 51.4 Å². The van der Waals surface area contributed by atoms with E-state index >= 15 is 0 Å². The maximum Gasteiger partial charge on any atom is 0.243 e. The van der Waals surface area contributed by atoms with Crippen LogP contribution < -0.4 is 9.80 Å². The minimum absolute atomic E-state index is 0.235. The van der Waals surface area contributed by atoms with Crippen LogP contribution in [-0.2, 0) is 10.0 Å². The van der Waals surface area contributed by atoms with Crippen molar-refractivity contribution < 1.29 is 8.42 Å². The molecule has 0 atom stereocenters. The fourth-order valence-corrected chi connectivity index (χ4v) is 4.66. The van der Waals surface area contributed by atoms with Gasteiger partial charge in [0.25, 0.3) is 0 Å². The highest BCUT2D eigenvalue weighted by molar-refractivity contribution is 7.89. The van der Waals surface area contributed by atoms with Crippen molar-refractivity contribution >= 4 is 33.3 Å². The van der Waals surface area contributed by atoms with Crippen LogP contribution >= 0.6 is 11.6 Å². The fourth-order valence-electron chi connectivity index (χ4n) is 2.97. The fraction of sp³-hybridized carbons (Fsp3) is 0.444. The lowest BCUT2D eigenvalue weighted by Gasteiger charge is -2.35. The monoisotopic (exact) mass is 409 g/mol. The van der Waals surface area contributed by atoms with Crippen LogP contribution in [0.3, 0.4) is 0 Å². The molecule has 27 heavy (non-hydrogen) atoms. The number of hydrogen-bond acceptors (Lipinski definition) is 6. The lowest BCUT2D eigenvalue weighted by atomic mass is 10.2. The third-order valence-corrected chi connectivity index (χ3v) is 6.91. The second-order valence-corrected chi connectivity index (χ2v) is 9.17. The Labute approximate surface area is 165 Å². The zero-order valence-electron chi connectivity index (χ0n) is 16.0. The highest BCUT2D eigenvalue weighted by Crippen LogP contribution is 2.25. The van der Waals surface area contributed by atoms with E-state index < -0.39 is 10.0 Å². The van der Waals surface area contributed by atoms with Crippen LogP contribution in [0.1, 0.15) is 11.4 Å². The first-order chi connectivity index (χ1) is 12.7. The molecular formula is C18H24ClN5O2S. The van der Waals surface area contributed by atoms with Gasteiger partial charge in [0.05, 0.1) is 4.90 Å². The van der Waals surface area contributed by atoms with E-state index in [4.69, 9.17) is 11.6 Å². The summed E-state index contributed by atoms with van der Waals surface area (Å²) in [5, 5.41) is 0.461. The summed E-state index contributed by atoms with van der Waals surface area (Å²) < 4.78 is 27.3. The van der Waals surface area contributed by atoms with Crippen molar-refractivity contribution in [3.63, 3.8) is 0 Å². The van der Waals surface area contributed by atoms with E-state index in [0.29, 0.717) is 37.0 Å². The van der Waals surface area contributed by atoms with Gasteiger partial charge in [0.15, 0.2) is 0 Å². The van der Waals surface area contributed by atoms with Crippen LogP contribution in [0.4, 0.5) is 11.6 Å². The van der Waals surface area contributed by atoms with E-state index in [0.717, 1.165) is 17.2 Å². The first-order valence-electron chi connectivity index (χ1n) is 8.73. The molecule has 0 N–H and O–H groups in total. The van der Waals surface area contributed by atoms with Crippen LogP contribution in [0.5, 0.6) is 0 Å². The summed E-state index contributed by atoms with van der Waals surface area (Å²) in [6.45, 7) is 5.65. The van der Waals surface area contributed by atoms with Crippen LogP contribution in [0.15, 0.2) is 29.2 Å². The molecule has 0 unspecified atom stereocenters. The van der Waals surface area contributed by atoms with Crippen LogP contribution in [0, 0.1) is 13.8 Å². The highest BCUT2D eigenvalue weighted by Gasteiger charge is 2.29. The van der Waals surface area contributed by atoms with E-state index in [-0.39, 0.29) is 4.90 Å². The van der Waals surface area contributed by atoms with E-state index in [1.54, 1.807) is 12.1 Å². The van der Waals surface area contributed by atoms with Gasteiger partial charge in [-0.05, 0) is 31.5 Å². The number of aryl methyl sites for hydroxylation is 2. The van der Waals surface area contributed by atoms with Crippen LogP contribution in [0.2, 0.25) is 5.02 Å². The Morgan fingerprint density at radius 2 is 1.70 bits per heavy atom. The maximum absolute atomic E-state index is 12.9. The molecule has 9 heteroatoms. The summed E-state index contributed by atoms with van der Waals surface area (Å²) >= 11 is 6.11. The summed E-state index contributed by atoms with van der Waals surface area (Å²) in [4.78, 5) is 13.2. The molecule has 7 nitrogen and oxygen atoms in total. The van der Waals surface area contributed by atoms with Gasteiger partial charge in [0.2, 0.25) is 10.0 Å². The number of halogens is 1. The Bertz CT molecular complexity index is 941. The van der Waals surface area contributed by atoms with Gasteiger partial charge < -0.3 is 9.80 Å². The Hall–Kier alpha value is -1.90. The molecule has 0 spiro atoms. The van der Waals surface area contributed by atoms with Crippen molar-refractivity contribution in [2.24, 2.45) is 0 Å². The average molecular weight is 410 g/mol. The normalized spacial score (nSPS) is 15.8. The van der Waals surface area contributed by atoms with Crippen molar-refractivity contribution in [2.75, 3.05) is 50.1 Å². The second kappa shape index (κ2) is 7.61. The predicted molar refractivity (Wildman–Crippen MR) is 108 cm³/mol. The molecule has 1 fully saturated rings. The molecule has 2 aromatic rings. The number of nitrogens with zero attached hydrogens (tertiary/aromatic N) is 5. The number of rotatable bonds is 4. The van der Waals surface area contributed by atoms with Crippen molar-refractivity contribution in [1.82, 2.24) is 14.3 Å². The molecule has 1 aliphatic heterocycles. The molecule has 146 valence electrons. The van der Waals surface area contributed by atoms with Crippen LogP contribution in [0.25, 0.3) is 0 Å². The third-order valence-electron chi connectivity index (χ3n) is 4.61. The molecule has 0 amide bonds. The largest absolute Gasteiger partial charge is 0.363 e. The maximum atomic E-state index is 12.9. The Kier molecular flexibility index (Phi) is 5.60. The Morgan fingerprint density at radius 1 is 1.04 bits per heavy atom. The van der Waals surface area contributed by atoms with E-state index in [9.17, 15) is 8.42 Å². The smallest absolute Gasteiger partial charge is 0.243 e. The van der Waals surface area contributed by atoms with E-state index in [1.165, 1.54) is 10.4 Å². The third kappa shape index (κ3) is 4.17. The first-order valence-corrected chi connectivity index (χ1v) is 10.5. The predicted octanol–water partition coefficient (Wildman–Crippen LogP) is 2.32. The van der Waals surface area contributed by atoms with Gasteiger partial charge in [0.1, 0.15) is 17.5 Å². The zero-order chi connectivity index (χ0) is 19.8. The number of sulfonamides is 1. The summed E-state index contributed by atoms with van der Waals surface area (Å²) in [6.07, 6.45) is 0. The number of benzene rings is 1. The molecular weight excluding hydrogens is 386 g/mol. The van der Waals surface area contributed by atoms with Crippen molar-refractivity contribution in [3.8, 4) is 0 Å². The molecule has 0 radical (unpaired) electrons. The molecule has 1 saturated heterocycles. The van der Waals surface area contributed by atoms with E-state index in [2.05, 4.69) is 14.9 Å². The van der Waals surface area contributed by atoms with Crippen molar-refractivity contribution in [2.45, 2.75) is 18.7 Å². The molecule has 3 rings (SSSR count). The quantitative estimate of drug-likeness (QED) is 0.771. The van der Waals surface area contributed by atoms with E-state index in [1.807, 2.05) is 38.9 Å². The summed E-state index contributed by atoms with van der Waals surface area (Å²) in [6, 6.07) is 6.80. The standard InChI is InChI=1S/C18H24ClN5O2S/c1-13-5-6-15(11-16(13)19)27(25,26)24-9-7-23(8-10-24)18-12-17(22(3)4)20-14(2)21-18/h5-6,11-12H,7-10H2,1-4H3. The van der Waals surface area contributed by atoms with Gasteiger partial charge in [-0.2, -0.15) is 4.31 Å². The lowest BCUT2D eigenvalue weighted by molar-refractivity contribution is 0.383. The topological polar surface area (TPSA) is 69.6 Å². The first kappa shape index (κ1) is 19.9. The number of hydrogen-bond donors (Lipinski definition) is 0. The molecule has 2 heterocycles. The molecule has 1 aliphatic rings. The number of aromatic nitrogens is 2. The minimum atomic E-state index is -3.56. The highest BCUT2D eigenvalue weighted by atomic mass is 35.5. The Morgan fingerprint density at radius 3 is 2.30 bits per heavy atom. The van der Waals surface area contributed by atoms with Gasteiger partial charge in [-0.25, -0.2) is 18.4 Å². The van der Waals surface area contributed by atoms with Crippen molar-refractivity contribution in [3.05, 3.63) is 40.7 Å². The number of piperazine rings is 1. The number of anilines is 2. The molecule has 0 saturated carbocycles. The van der Waals surface area contributed by atoms with Gasteiger partial charge in [-0.1, -0.05) is 17.7 Å². The molecule has 0 aliphatic carbocycles. The van der Waals surface area contributed by atoms with Crippen LogP contribution in [-0.4, -0.2) is 63.0 Å². The lowest BCUT2D eigenvalue weighted by Crippen LogP contribution is -2.49. The SMILES string of the molecule is Cc1nc(N(C)C)cc(N2CCN(S(=O)(=O)c3ccc(C)c(Cl)c3)CC2)n1. The Balaban J connectivity index is 1.76. The van der Waals surface area contributed by atoms with Gasteiger partial charge in [-0.3, -0.25) is 0 Å². The molecule has 1 aromatic heterocycles. The zero-order valence-corrected chi connectivity index (χ0v) is 17.5. The average Bonchev–Trinajstić information content (AvgIpc) is 2.63. The summed E-state index contributed by atoms with van der Waals surface area (Å²) in [5.41, 5.74) is 0.858. The summed E-state index contributed by atoms with van der Waals surface area (Å²) in [7, 11) is 0.311. The second-order valence-electron chi connectivity index (χ2n) is 6.83. The summed E-state index contributed by atoms with van der Waals surface area (Å²) in [5.74, 6) is 2.35. The molecule has 0 bridgehead atoms. The van der Waals surface area contributed by atoms with Crippen molar-refractivity contribution in [1.29, 1.82) is 0 Å².